The van der Waals surface area contributed by atoms with Gasteiger partial charge in [0.1, 0.15) is 5.69 Å². The second-order valence-corrected chi connectivity index (χ2v) is 4.63. The molecule has 0 saturated heterocycles. The molecule has 1 fully saturated rings. The minimum atomic E-state index is -0.155. The SMILES string of the molecule is CCCC1(CNC(=O)c2[nH]ncc2N)CC1. The maximum absolute atomic E-state index is 11.7. The van der Waals surface area contributed by atoms with E-state index in [4.69, 9.17) is 5.73 Å². The highest BCUT2D eigenvalue weighted by molar-refractivity contribution is 5.96. The molecule has 1 aliphatic carbocycles. The van der Waals surface area contributed by atoms with Crippen LogP contribution in [0, 0.1) is 5.41 Å². The third kappa shape index (κ3) is 2.18. The summed E-state index contributed by atoms with van der Waals surface area (Å²) in [6.07, 6.45) is 6.25. The van der Waals surface area contributed by atoms with Crippen molar-refractivity contribution in [2.45, 2.75) is 32.6 Å². The minimum Gasteiger partial charge on any atom is -0.396 e. The lowest BCUT2D eigenvalue weighted by Gasteiger charge is -2.14. The number of aromatic nitrogens is 2. The summed E-state index contributed by atoms with van der Waals surface area (Å²) >= 11 is 0. The Morgan fingerprint density at radius 3 is 2.94 bits per heavy atom. The number of hydrogen-bond donors (Lipinski definition) is 3. The van der Waals surface area contributed by atoms with Gasteiger partial charge in [-0.1, -0.05) is 13.3 Å². The number of nitrogens with two attached hydrogens (primary N) is 1. The molecule has 1 heterocycles. The van der Waals surface area contributed by atoms with Crippen molar-refractivity contribution in [3.63, 3.8) is 0 Å². The zero-order valence-corrected chi connectivity index (χ0v) is 9.55. The lowest BCUT2D eigenvalue weighted by molar-refractivity contribution is 0.0939. The van der Waals surface area contributed by atoms with Gasteiger partial charge in [0.2, 0.25) is 0 Å². The van der Waals surface area contributed by atoms with Gasteiger partial charge in [0.05, 0.1) is 11.9 Å². The molecule has 1 aromatic heterocycles. The lowest BCUT2D eigenvalue weighted by atomic mass is 10.0. The molecule has 0 atom stereocenters. The number of hydrogen-bond acceptors (Lipinski definition) is 3. The van der Waals surface area contributed by atoms with E-state index in [-0.39, 0.29) is 5.91 Å². The van der Waals surface area contributed by atoms with Gasteiger partial charge >= 0.3 is 0 Å². The average Bonchev–Trinajstić information content (AvgIpc) is 2.89. The Balaban J connectivity index is 1.87. The zero-order chi connectivity index (χ0) is 11.6. The Morgan fingerprint density at radius 1 is 1.69 bits per heavy atom. The first-order valence-corrected chi connectivity index (χ1v) is 5.74. The number of carbonyl (C=O) groups is 1. The molecule has 0 aliphatic heterocycles. The van der Waals surface area contributed by atoms with Crippen molar-refractivity contribution in [1.82, 2.24) is 15.5 Å². The van der Waals surface area contributed by atoms with Crippen LogP contribution in [0.1, 0.15) is 43.1 Å². The van der Waals surface area contributed by atoms with Crippen molar-refractivity contribution >= 4 is 11.6 Å². The molecule has 0 aromatic carbocycles. The van der Waals surface area contributed by atoms with E-state index in [0.29, 0.717) is 16.8 Å². The number of nitrogens with zero attached hydrogens (tertiary/aromatic N) is 1. The fourth-order valence-electron chi connectivity index (χ4n) is 2.06. The van der Waals surface area contributed by atoms with Crippen LogP contribution in [-0.2, 0) is 0 Å². The maximum Gasteiger partial charge on any atom is 0.271 e. The fourth-order valence-corrected chi connectivity index (χ4v) is 2.06. The van der Waals surface area contributed by atoms with Crippen molar-refractivity contribution in [3.05, 3.63) is 11.9 Å². The summed E-state index contributed by atoms with van der Waals surface area (Å²) in [7, 11) is 0. The summed E-state index contributed by atoms with van der Waals surface area (Å²) < 4.78 is 0. The van der Waals surface area contributed by atoms with E-state index in [0.717, 1.165) is 6.54 Å². The number of carbonyl (C=O) groups excluding carboxylic acids is 1. The number of anilines is 1. The molecule has 4 N–H and O–H groups in total. The first kappa shape index (κ1) is 11.0. The van der Waals surface area contributed by atoms with E-state index in [9.17, 15) is 4.79 Å². The van der Waals surface area contributed by atoms with Gasteiger partial charge in [0.15, 0.2) is 0 Å². The summed E-state index contributed by atoms with van der Waals surface area (Å²) in [5.41, 5.74) is 6.73. The second kappa shape index (κ2) is 4.15. The van der Waals surface area contributed by atoms with Crippen LogP contribution in [0.15, 0.2) is 6.20 Å². The summed E-state index contributed by atoms with van der Waals surface area (Å²) in [4.78, 5) is 11.7. The molecule has 0 unspecified atom stereocenters. The number of aromatic amines is 1. The second-order valence-electron chi connectivity index (χ2n) is 4.63. The normalized spacial score (nSPS) is 17.1. The first-order valence-electron chi connectivity index (χ1n) is 5.74. The van der Waals surface area contributed by atoms with Crippen molar-refractivity contribution in [3.8, 4) is 0 Å². The molecule has 2 rings (SSSR count). The van der Waals surface area contributed by atoms with E-state index in [1.54, 1.807) is 0 Å². The molecule has 5 heteroatoms. The van der Waals surface area contributed by atoms with E-state index in [1.165, 1.54) is 31.9 Å². The van der Waals surface area contributed by atoms with Crippen LogP contribution in [0.25, 0.3) is 0 Å². The lowest BCUT2D eigenvalue weighted by Crippen LogP contribution is -2.30. The zero-order valence-electron chi connectivity index (χ0n) is 9.55. The number of nitrogens with one attached hydrogen (secondary N) is 2. The Morgan fingerprint density at radius 2 is 2.44 bits per heavy atom. The fraction of sp³-hybridized carbons (Fsp3) is 0.636. The first-order chi connectivity index (χ1) is 7.67. The van der Waals surface area contributed by atoms with Gasteiger partial charge in [-0.25, -0.2) is 0 Å². The standard InChI is InChI=1S/C11H18N4O/c1-2-3-11(4-5-11)7-13-10(16)9-8(12)6-14-15-9/h6H,2-5,7,12H2,1H3,(H,13,16)(H,14,15). The van der Waals surface area contributed by atoms with Crippen LogP contribution in [0.5, 0.6) is 0 Å². The monoisotopic (exact) mass is 222 g/mol. The van der Waals surface area contributed by atoms with Gasteiger partial charge in [-0.2, -0.15) is 5.10 Å². The summed E-state index contributed by atoms with van der Waals surface area (Å²) in [6.45, 7) is 2.92. The predicted molar refractivity (Wildman–Crippen MR) is 61.9 cm³/mol. The van der Waals surface area contributed by atoms with Crippen LogP contribution < -0.4 is 11.1 Å². The van der Waals surface area contributed by atoms with Gasteiger partial charge < -0.3 is 11.1 Å². The molecule has 1 aromatic rings. The Bertz CT molecular complexity index is 381. The molecule has 16 heavy (non-hydrogen) atoms. The molecule has 0 bridgehead atoms. The third-order valence-electron chi connectivity index (χ3n) is 3.26. The van der Waals surface area contributed by atoms with Crippen LogP contribution >= 0.6 is 0 Å². The Labute approximate surface area is 94.8 Å². The molecule has 5 nitrogen and oxygen atoms in total. The maximum atomic E-state index is 11.7. The molecule has 88 valence electrons. The Kier molecular flexibility index (Phi) is 2.85. The largest absolute Gasteiger partial charge is 0.396 e. The van der Waals surface area contributed by atoms with E-state index in [2.05, 4.69) is 22.4 Å². The highest BCUT2D eigenvalue weighted by atomic mass is 16.1. The topological polar surface area (TPSA) is 83.8 Å². The van der Waals surface area contributed by atoms with E-state index >= 15 is 0 Å². The smallest absolute Gasteiger partial charge is 0.271 e. The Hall–Kier alpha value is -1.52. The molecular weight excluding hydrogens is 204 g/mol. The van der Waals surface area contributed by atoms with E-state index in [1.807, 2.05) is 0 Å². The molecule has 1 aliphatic rings. The van der Waals surface area contributed by atoms with Crippen LogP contribution in [0.3, 0.4) is 0 Å². The van der Waals surface area contributed by atoms with Crippen LogP contribution in [0.2, 0.25) is 0 Å². The van der Waals surface area contributed by atoms with Crippen molar-refractivity contribution in [2.75, 3.05) is 12.3 Å². The molecule has 1 amide bonds. The number of amides is 1. The summed E-state index contributed by atoms with van der Waals surface area (Å²) in [6, 6.07) is 0. The highest BCUT2D eigenvalue weighted by Gasteiger charge is 2.41. The predicted octanol–water partition coefficient (Wildman–Crippen LogP) is 1.30. The van der Waals surface area contributed by atoms with Gasteiger partial charge in [-0.05, 0) is 24.7 Å². The van der Waals surface area contributed by atoms with Crippen molar-refractivity contribution in [1.29, 1.82) is 0 Å². The summed E-state index contributed by atoms with van der Waals surface area (Å²) in [5.74, 6) is -0.155. The molecule has 0 spiro atoms. The number of nitrogen functional groups attached to an aromatic ring is 1. The molecule has 0 radical (unpaired) electrons. The van der Waals surface area contributed by atoms with Crippen molar-refractivity contribution in [2.24, 2.45) is 5.41 Å². The highest BCUT2D eigenvalue weighted by Crippen LogP contribution is 2.48. The molecule has 1 saturated carbocycles. The van der Waals surface area contributed by atoms with Crippen LogP contribution in [0.4, 0.5) is 5.69 Å². The van der Waals surface area contributed by atoms with Crippen molar-refractivity contribution < 1.29 is 4.79 Å². The summed E-state index contributed by atoms with van der Waals surface area (Å²) in [5, 5.41) is 9.26. The number of H-pyrrole nitrogens is 1. The van der Waals surface area contributed by atoms with E-state index < -0.39 is 0 Å². The van der Waals surface area contributed by atoms with Gasteiger partial charge in [0.25, 0.3) is 5.91 Å². The average molecular weight is 222 g/mol. The van der Waals surface area contributed by atoms with Gasteiger partial charge in [-0.15, -0.1) is 0 Å². The molecular formula is C11H18N4O. The minimum absolute atomic E-state index is 0.155. The number of rotatable bonds is 5. The van der Waals surface area contributed by atoms with Gasteiger partial charge in [-0.3, -0.25) is 9.89 Å². The van der Waals surface area contributed by atoms with Gasteiger partial charge in [0, 0.05) is 6.54 Å². The third-order valence-corrected chi connectivity index (χ3v) is 3.26. The quantitative estimate of drug-likeness (QED) is 0.702. The van der Waals surface area contributed by atoms with Crippen LogP contribution in [-0.4, -0.2) is 22.6 Å².